The fraction of sp³-hybridized carbons (Fsp3) is 0.632. The lowest BCUT2D eigenvalue weighted by Gasteiger charge is -2.31. The van der Waals surface area contributed by atoms with E-state index in [1.54, 1.807) is 0 Å². The predicted molar refractivity (Wildman–Crippen MR) is 112 cm³/mol. The van der Waals surface area contributed by atoms with Gasteiger partial charge in [0.05, 0.1) is 6.61 Å². The Morgan fingerprint density at radius 2 is 1.88 bits per heavy atom. The van der Waals surface area contributed by atoms with Crippen LogP contribution in [0.25, 0.3) is 0 Å². The van der Waals surface area contributed by atoms with Gasteiger partial charge in [0.15, 0.2) is 5.96 Å². The minimum absolute atomic E-state index is 0. The number of hydrogen-bond donors (Lipinski definition) is 1. The highest BCUT2D eigenvalue weighted by Gasteiger charge is 2.16. The van der Waals surface area contributed by atoms with E-state index in [0.717, 1.165) is 64.0 Å². The van der Waals surface area contributed by atoms with Crippen molar-refractivity contribution < 1.29 is 4.74 Å². The Morgan fingerprint density at radius 3 is 2.58 bits per heavy atom. The summed E-state index contributed by atoms with van der Waals surface area (Å²) in [6.07, 6.45) is 5.52. The smallest absolute Gasteiger partial charge is 0.191 e. The maximum absolute atomic E-state index is 6.07. The molecule has 0 saturated carbocycles. The molecule has 2 rings (SSSR count). The summed E-state index contributed by atoms with van der Waals surface area (Å²) >= 11 is 0. The van der Waals surface area contributed by atoms with Gasteiger partial charge in [-0.25, -0.2) is 0 Å². The molecule has 5 heteroatoms. The van der Waals surface area contributed by atoms with Gasteiger partial charge in [0.2, 0.25) is 0 Å². The van der Waals surface area contributed by atoms with Crippen molar-refractivity contribution in [2.45, 2.75) is 39.0 Å². The van der Waals surface area contributed by atoms with Crippen molar-refractivity contribution in [3.05, 3.63) is 35.9 Å². The van der Waals surface area contributed by atoms with Crippen molar-refractivity contribution in [1.82, 2.24) is 4.90 Å². The number of ether oxygens (including phenoxy) is 1. The molecule has 0 radical (unpaired) electrons. The van der Waals surface area contributed by atoms with Gasteiger partial charge in [-0.15, -0.1) is 24.0 Å². The molecule has 0 spiro atoms. The van der Waals surface area contributed by atoms with Crippen LogP contribution < -0.4 is 5.73 Å². The summed E-state index contributed by atoms with van der Waals surface area (Å²) < 4.78 is 5.68. The predicted octanol–water partition coefficient (Wildman–Crippen LogP) is 3.69. The monoisotopic (exact) mass is 445 g/mol. The third-order valence-electron chi connectivity index (χ3n) is 4.46. The number of halogens is 1. The summed E-state index contributed by atoms with van der Waals surface area (Å²) in [5.74, 6) is 1.55. The molecule has 2 N–H and O–H groups in total. The average Bonchev–Trinajstić information content (AvgIpc) is 2.58. The molecule has 0 unspecified atom stereocenters. The van der Waals surface area contributed by atoms with Crippen LogP contribution in [0.5, 0.6) is 0 Å². The van der Waals surface area contributed by atoms with Gasteiger partial charge in [-0.3, -0.25) is 4.99 Å². The first kappa shape index (κ1) is 21.2. The van der Waals surface area contributed by atoms with Crippen molar-refractivity contribution in [1.29, 1.82) is 0 Å². The SMILES string of the molecule is CC1CCN(C(N)=NCCCCOCCc2ccccc2)CC1.I. The molecule has 0 aromatic heterocycles. The third kappa shape index (κ3) is 8.33. The number of unbranched alkanes of at least 4 members (excludes halogenated alkanes) is 1. The van der Waals surface area contributed by atoms with Gasteiger partial charge in [-0.2, -0.15) is 0 Å². The Balaban J connectivity index is 0.00000288. The molecule has 4 nitrogen and oxygen atoms in total. The van der Waals surface area contributed by atoms with Gasteiger partial charge >= 0.3 is 0 Å². The van der Waals surface area contributed by atoms with Gasteiger partial charge in [0, 0.05) is 26.2 Å². The second-order valence-electron chi connectivity index (χ2n) is 6.46. The first-order valence-electron chi connectivity index (χ1n) is 8.92. The number of likely N-dealkylation sites (tertiary alicyclic amines) is 1. The summed E-state index contributed by atoms with van der Waals surface area (Å²) in [7, 11) is 0. The summed E-state index contributed by atoms with van der Waals surface area (Å²) in [5.41, 5.74) is 7.40. The van der Waals surface area contributed by atoms with Crippen molar-refractivity contribution >= 4 is 29.9 Å². The van der Waals surface area contributed by atoms with Gasteiger partial charge in [0.25, 0.3) is 0 Å². The Morgan fingerprint density at radius 1 is 1.17 bits per heavy atom. The molecule has 136 valence electrons. The van der Waals surface area contributed by atoms with Crippen LogP contribution >= 0.6 is 24.0 Å². The van der Waals surface area contributed by atoms with Crippen molar-refractivity contribution in [3.63, 3.8) is 0 Å². The van der Waals surface area contributed by atoms with Crippen LogP contribution in [-0.4, -0.2) is 43.7 Å². The standard InChI is InChI=1S/C19H31N3O.HI/c1-17-9-13-22(14-10-17)19(20)21-12-5-6-15-23-16-11-18-7-3-2-4-8-18;/h2-4,7-8,17H,5-6,9-16H2,1H3,(H2,20,21);1H. The minimum atomic E-state index is 0. The number of hydrogen-bond acceptors (Lipinski definition) is 2. The zero-order chi connectivity index (χ0) is 16.3. The van der Waals surface area contributed by atoms with Crippen LogP contribution in [-0.2, 0) is 11.2 Å². The molecule has 1 heterocycles. The lowest BCUT2D eigenvalue weighted by atomic mass is 10.00. The van der Waals surface area contributed by atoms with Crippen LogP contribution in [0.15, 0.2) is 35.3 Å². The highest BCUT2D eigenvalue weighted by Crippen LogP contribution is 2.15. The average molecular weight is 445 g/mol. The maximum Gasteiger partial charge on any atom is 0.191 e. The molecular weight excluding hydrogens is 413 g/mol. The molecule has 1 aromatic rings. The number of nitrogens with two attached hydrogens (primary N) is 1. The normalized spacial score (nSPS) is 16.0. The molecule has 24 heavy (non-hydrogen) atoms. The highest BCUT2D eigenvalue weighted by atomic mass is 127. The quantitative estimate of drug-likeness (QED) is 0.288. The Hall–Kier alpha value is -0.820. The van der Waals surface area contributed by atoms with Crippen LogP contribution in [0, 0.1) is 5.92 Å². The zero-order valence-electron chi connectivity index (χ0n) is 14.8. The van der Waals surface area contributed by atoms with E-state index in [0.29, 0.717) is 0 Å². The first-order chi connectivity index (χ1) is 11.3. The molecule has 1 saturated heterocycles. The lowest BCUT2D eigenvalue weighted by Crippen LogP contribution is -2.42. The summed E-state index contributed by atoms with van der Waals surface area (Å²) in [6.45, 7) is 6.82. The van der Waals surface area contributed by atoms with Crippen LogP contribution in [0.4, 0.5) is 0 Å². The second-order valence-corrected chi connectivity index (χ2v) is 6.46. The largest absolute Gasteiger partial charge is 0.381 e. The van der Waals surface area contributed by atoms with Crippen molar-refractivity contribution in [2.75, 3.05) is 32.8 Å². The van der Waals surface area contributed by atoms with E-state index in [1.165, 1.54) is 18.4 Å². The topological polar surface area (TPSA) is 50.8 Å². The van der Waals surface area contributed by atoms with Crippen molar-refractivity contribution in [3.8, 4) is 0 Å². The molecule has 1 aliphatic rings. The van der Waals surface area contributed by atoms with Crippen LogP contribution in [0.3, 0.4) is 0 Å². The lowest BCUT2D eigenvalue weighted by molar-refractivity contribution is 0.134. The van der Waals surface area contributed by atoms with E-state index >= 15 is 0 Å². The van der Waals surface area contributed by atoms with Gasteiger partial charge in [-0.05, 0) is 43.6 Å². The van der Waals surface area contributed by atoms with Gasteiger partial charge < -0.3 is 15.4 Å². The Kier molecular flexibility index (Phi) is 11.1. The maximum atomic E-state index is 6.07. The molecule has 1 fully saturated rings. The number of piperidine rings is 1. The fourth-order valence-electron chi connectivity index (χ4n) is 2.78. The fourth-order valence-corrected chi connectivity index (χ4v) is 2.78. The number of benzene rings is 1. The molecule has 1 aromatic carbocycles. The Bertz CT molecular complexity index is 459. The minimum Gasteiger partial charge on any atom is -0.381 e. The number of rotatable bonds is 8. The molecular formula is C19H32IN3O. The van der Waals surface area contributed by atoms with E-state index in [9.17, 15) is 0 Å². The van der Waals surface area contributed by atoms with E-state index in [-0.39, 0.29) is 24.0 Å². The van der Waals surface area contributed by atoms with Crippen LogP contribution in [0.1, 0.15) is 38.2 Å². The van der Waals surface area contributed by atoms with Crippen molar-refractivity contribution in [2.24, 2.45) is 16.6 Å². The Labute approximate surface area is 163 Å². The molecule has 0 atom stereocenters. The second kappa shape index (κ2) is 12.5. The molecule has 0 bridgehead atoms. The molecule has 0 aliphatic carbocycles. The summed E-state index contributed by atoms with van der Waals surface area (Å²) in [4.78, 5) is 6.72. The summed E-state index contributed by atoms with van der Waals surface area (Å²) in [6, 6.07) is 10.5. The number of guanidine groups is 1. The van der Waals surface area contributed by atoms with E-state index < -0.39 is 0 Å². The first-order valence-corrected chi connectivity index (χ1v) is 8.92. The molecule has 0 amide bonds. The van der Waals surface area contributed by atoms with E-state index in [1.807, 2.05) is 6.07 Å². The van der Waals surface area contributed by atoms with Gasteiger partial charge in [0.1, 0.15) is 0 Å². The van der Waals surface area contributed by atoms with Gasteiger partial charge in [-0.1, -0.05) is 37.3 Å². The van der Waals surface area contributed by atoms with E-state index in [2.05, 4.69) is 41.1 Å². The highest BCUT2D eigenvalue weighted by molar-refractivity contribution is 14.0. The van der Waals surface area contributed by atoms with E-state index in [4.69, 9.17) is 10.5 Å². The molecule has 1 aliphatic heterocycles. The third-order valence-corrected chi connectivity index (χ3v) is 4.46. The van der Waals surface area contributed by atoms with Crippen LogP contribution in [0.2, 0.25) is 0 Å². The summed E-state index contributed by atoms with van der Waals surface area (Å²) in [5, 5.41) is 0. The number of aliphatic imine (C=N–C) groups is 1. The number of nitrogens with zero attached hydrogens (tertiary/aromatic N) is 2. The zero-order valence-corrected chi connectivity index (χ0v) is 17.2.